The van der Waals surface area contributed by atoms with Crippen LogP contribution in [0.4, 0.5) is 0 Å². The average Bonchev–Trinajstić information content (AvgIpc) is 2.25. The van der Waals surface area contributed by atoms with Gasteiger partial charge in [0.25, 0.3) is 5.91 Å². The van der Waals surface area contributed by atoms with Crippen molar-refractivity contribution >= 4 is 17.5 Å². The minimum Gasteiger partial charge on any atom is -0.349 e. The van der Waals surface area contributed by atoms with Gasteiger partial charge in [-0.15, -0.1) is 0 Å². The zero-order valence-electron chi connectivity index (χ0n) is 9.57. The molecule has 0 saturated heterocycles. The number of hydrogen-bond donors (Lipinski definition) is 1. The van der Waals surface area contributed by atoms with Crippen molar-refractivity contribution in [2.24, 2.45) is 0 Å². The maximum absolute atomic E-state index is 11.6. The first-order chi connectivity index (χ1) is 7.50. The van der Waals surface area contributed by atoms with Gasteiger partial charge >= 0.3 is 0 Å². The molecule has 0 aromatic carbocycles. The van der Waals surface area contributed by atoms with E-state index in [0.29, 0.717) is 6.54 Å². The van der Waals surface area contributed by atoms with E-state index < -0.39 is 0 Å². The van der Waals surface area contributed by atoms with Gasteiger partial charge in [-0.05, 0) is 21.0 Å². The van der Waals surface area contributed by atoms with Crippen molar-refractivity contribution in [3.05, 3.63) is 23.2 Å². The maximum Gasteiger partial charge on any atom is 0.271 e. The molecule has 6 heteroatoms. The smallest absolute Gasteiger partial charge is 0.271 e. The van der Waals surface area contributed by atoms with Crippen LogP contribution in [0.15, 0.2) is 12.4 Å². The van der Waals surface area contributed by atoms with Crippen LogP contribution in [0.5, 0.6) is 0 Å². The molecular formula is C10H15ClN4O. The molecule has 1 heterocycles. The summed E-state index contributed by atoms with van der Waals surface area (Å²) in [5.74, 6) is -0.260. The lowest BCUT2D eigenvalue weighted by atomic mass is 10.3. The molecule has 0 saturated carbocycles. The number of halogens is 1. The Morgan fingerprint density at radius 1 is 1.56 bits per heavy atom. The summed E-state index contributed by atoms with van der Waals surface area (Å²) in [6, 6.07) is 0.260. The lowest BCUT2D eigenvalue weighted by Gasteiger charge is -2.19. The summed E-state index contributed by atoms with van der Waals surface area (Å²) in [4.78, 5) is 21.3. The number of nitrogens with zero attached hydrogens (tertiary/aromatic N) is 3. The highest BCUT2D eigenvalue weighted by molar-refractivity contribution is 6.29. The van der Waals surface area contributed by atoms with Gasteiger partial charge < -0.3 is 10.2 Å². The summed E-state index contributed by atoms with van der Waals surface area (Å²) in [5.41, 5.74) is 0.235. The van der Waals surface area contributed by atoms with E-state index >= 15 is 0 Å². The van der Waals surface area contributed by atoms with Crippen LogP contribution in [-0.2, 0) is 0 Å². The standard InChI is InChI=1S/C10H15ClN4O/c1-7(15(2)3)4-13-10(16)8-5-12-6-9(11)14-8/h5-7H,4H2,1-3H3,(H,13,16). The van der Waals surface area contributed by atoms with Gasteiger partial charge in [0.1, 0.15) is 10.8 Å². The molecule has 0 spiro atoms. The van der Waals surface area contributed by atoms with Crippen LogP contribution in [0.1, 0.15) is 17.4 Å². The molecule has 0 aliphatic heterocycles. The van der Waals surface area contributed by atoms with Crippen molar-refractivity contribution in [3.8, 4) is 0 Å². The van der Waals surface area contributed by atoms with Crippen molar-refractivity contribution in [2.45, 2.75) is 13.0 Å². The molecule has 5 nitrogen and oxygen atoms in total. The predicted molar refractivity (Wildman–Crippen MR) is 62.5 cm³/mol. The fourth-order valence-electron chi connectivity index (χ4n) is 0.965. The Morgan fingerprint density at radius 3 is 2.81 bits per heavy atom. The first kappa shape index (κ1) is 12.9. The first-order valence-corrected chi connectivity index (χ1v) is 5.30. The Bertz CT molecular complexity index is 370. The normalized spacial score (nSPS) is 12.6. The highest BCUT2D eigenvalue weighted by Gasteiger charge is 2.10. The SMILES string of the molecule is CC(CNC(=O)c1cncc(Cl)n1)N(C)C. The summed E-state index contributed by atoms with van der Waals surface area (Å²) >= 11 is 5.64. The van der Waals surface area contributed by atoms with Gasteiger partial charge in [0, 0.05) is 12.6 Å². The van der Waals surface area contributed by atoms with E-state index in [1.165, 1.54) is 12.4 Å². The van der Waals surface area contributed by atoms with Crippen LogP contribution in [0, 0.1) is 0 Å². The van der Waals surface area contributed by atoms with Gasteiger partial charge in [-0.25, -0.2) is 4.98 Å². The van der Waals surface area contributed by atoms with E-state index in [1.807, 2.05) is 25.9 Å². The monoisotopic (exact) mass is 242 g/mol. The van der Waals surface area contributed by atoms with Gasteiger partial charge in [-0.1, -0.05) is 11.6 Å². The summed E-state index contributed by atoms with van der Waals surface area (Å²) in [6.45, 7) is 2.57. The van der Waals surface area contributed by atoms with Crippen molar-refractivity contribution in [1.29, 1.82) is 0 Å². The number of carbonyl (C=O) groups excluding carboxylic acids is 1. The minimum atomic E-state index is -0.260. The topological polar surface area (TPSA) is 58.1 Å². The molecule has 0 fully saturated rings. The number of hydrogen-bond acceptors (Lipinski definition) is 4. The van der Waals surface area contributed by atoms with Crippen molar-refractivity contribution in [2.75, 3.05) is 20.6 Å². The zero-order chi connectivity index (χ0) is 12.1. The van der Waals surface area contributed by atoms with Crippen LogP contribution in [-0.4, -0.2) is 47.5 Å². The number of aromatic nitrogens is 2. The number of carbonyl (C=O) groups is 1. The quantitative estimate of drug-likeness (QED) is 0.849. The number of rotatable bonds is 4. The number of amides is 1. The molecule has 1 N–H and O–H groups in total. The highest BCUT2D eigenvalue weighted by Crippen LogP contribution is 2.02. The third-order valence-corrected chi connectivity index (χ3v) is 2.46. The van der Waals surface area contributed by atoms with Gasteiger partial charge in [-0.3, -0.25) is 9.78 Å². The molecule has 0 bridgehead atoms. The third-order valence-electron chi connectivity index (χ3n) is 2.28. The molecule has 0 aliphatic rings. The van der Waals surface area contributed by atoms with Crippen LogP contribution in [0.25, 0.3) is 0 Å². The largest absolute Gasteiger partial charge is 0.349 e. The van der Waals surface area contributed by atoms with Crippen LogP contribution >= 0.6 is 11.6 Å². The second-order valence-electron chi connectivity index (χ2n) is 3.75. The molecule has 1 rings (SSSR count). The van der Waals surface area contributed by atoms with Crippen molar-refractivity contribution in [1.82, 2.24) is 20.2 Å². The Hall–Kier alpha value is -1.20. The Morgan fingerprint density at radius 2 is 2.25 bits per heavy atom. The average molecular weight is 243 g/mol. The van der Waals surface area contributed by atoms with Gasteiger partial charge in [0.15, 0.2) is 0 Å². The molecule has 1 amide bonds. The minimum absolute atomic E-state index is 0.216. The van der Waals surface area contributed by atoms with E-state index in [4.69, 9.17) is 11.6 Å². The Labute approximate surface area is 99.8 Å². The van der Waals surface area contributed by atoms with E-state index in [0.717, 1.165) is 0 Å². The van der Waals surface area contributed by atoms with E-state index in [1.54, 1.807) is 0 Å². The molecule has 1 unspecified atom stereocenters. The lowest BCUT2D eigenvalue weighted by Crippen LogP contribution is -2.38. The summed E-state index contributed by atoms with van der Waals surface area (Å²) in [7, 11) is 3.91. The van der Waals surface area contributed by atoms with E-state index in [2.05, 4.69) is 15.3 Å². The van der Waals surface area contributed by atoms with Crippen LogP contribution in [0.3, 0.4) is 0 Å². The maximum atomic E-state index is 11.6. The van der Waals surface area contributed by atoms with Gasteiger partial charge in [0.2, 0.25) is 0 Å². The van der Waals surface area contributed by atoms with E-state index in [9.17, 15) is 4.79 Å². The Balaban J connectivity index is 2.53. The lowest BCUT2D eigenvalue weighted by molar-refractivity contribution is 0.0938. The molecule has 1 aromatic rings. The van der Waals surface area contributed by atoms with Crippen LogP contribution < -0.4 is 5.32 Å². The predicted octanol–water partition coefficient (Wildman–Crippen LogP) is 0.810. The molecule has 16 heavy (non-hydrogen) atoms. The third kappa shape index (κ3) is 3.75. The van der Waals surface area contributed by atoms with E-state index in [-0.39, 0.29) is 22.8 Å². The van der Waals surface area contributed by atoms with Gasteiger partial charge in [-0.2, -0.15) is 0 Å². The second-order valence-corrected chi connectivity index (χ2v) is 4.14. The van der Waals surface area contributed by atoms with Gasteiger partial charge in [0.05, 0.1) is 12.4 Å². The molecule has 1 aromatic heterocycles. The Kier molecular flexibility index (Phi) is 4.64. The molecule has 1 atom stereocenters. The summed E-state index contributed by atoms with van der Waals surface area (Å²) in [6.07, 6.45) is 2.78. The van der Waals surface area contributed by atoms with Crippen molar-refractivity contribution in [3.63, 3.8) is 0 Å². The summed E-state index contributed by atoms with van der Waals surface area (Å²) in [5, 5.41) is 2.98. The second kappa shape index (κ2) is 5.77. The van der Waals surface area contributed by atoms with Crippen molar-refractivity contribution < 1.29 is 4.79 Å². The molecular weight excluding hydrogens is 228 g/mol. The fourth-order valence-corrected chi connectivity index (χ4v) is 1.11. The number of nitrogens with one attached hydrogen (secondary N) is 1. The summed E-state index contributed by atoms with van der Waals surface area (Å²) < 4.78 is 0. The molecule has 88 valence electrons. The zero-order valence-corrected chi connectivity index (χ0v) is 10.3. The van der Waals surface area contributed by atoms with Crippen LogP contribution in [0.2, 0.25) is 5.15 Å². The highest BCUT2D eigenvalue weighted by atomic mass is 35.5. The molecule has 0 radical (unpaired) electrons. The fraction of sp³-hybridized carbons (Fsp3) is 0.500. The number of likely N-dealkylation sites (N-methyl/N-ethyl adjacent to an activating group) is 1. The molecule has 0 aliphatic carbocycles. The first-order valence-electron chi connectivity index (χ1n) is 4.93.